The number of rotatable bonds is 14. The number of aromatic carboxylic acids is 2. The topological polar surface area (TPSA) is 213 Å². The number of nitrogens with zero attached hydrogens (tertiary/aromatic N) is 8. The van der Waals surface area contributed by atoms with Crippen LogP contribution in [0.3, 0.4) is 0 Å². The summed E-state index contributed by atoms with van der Waals surface area (Å²) in [4.78, 5) is 32.4. The van der Waals surface area contributed by atoms with E-state index < -0.39 is 11.9 Å². The number of carbonyl (C=O) groups is 2. The van der Waals surface area contributed by atoms with Gasteiger partial charge in [0, 0.05) is 25.5 Å². The van der Waals surface area contributed by atoms with Gasteiger partial charge in [0.2, 0.25) is 0 Å². The van der Waals surface area contributed by atoms with Gasteiger partial charge in [-0.15, -0.1) is 66.8 Å². The first-order valence-electron chi connectivity index (χ1n) is 25.4. The molecule has 0 spiro atoms. The maximum Gasteiger partial charge on any atom is 2.00 e. The van der Waals surface area contributed by atoms with E-state index in [1.165, 1.54) is 33.9 Å². The molecule has 0 saturated heterocycles. The second kappa shape index (κ2) is 33.3. The molecule has 8 aromatic rings. The number of aromatic nitrogens is 6. The molecule has 2 heterocycles. The summed E-state index contributed by atoms with van der Waals surface area (Å²) >= 11 is 19.1. The van der Waals surface area contributed by atoms with Gasteiger partial charge < -0.3 is 30.0 Å². The first-order valence-corrected chi connectivity index (χ1v) is 27.5. The molecule has 2 radical (unpaired) electrons. The molecule has 0 aliphatic carbocycles. The summed E-state index contributed by atoms with van der Waals surface area (Å²) in [6, 6.07) is 39.1. The molecular formula is C61H68Cl4Co2N8O6. The molecule has 2 aromatic heterocycles. The van der Waals surface area contributed by atoms with Gasteiger partial charge in [0.15, 0.2) is 0 Å². The van der Waals surface area contributed by atoms with E-state index in [0.29, 0.717) is 42.0 Å². The summed E-state index contributed by atoms with van der Waals surface area (Å²) < 4.78 is 0. The van der Waals surface area contributed by atoms with Crippen molar-refractivity contribution in [3.8, 4) is 22.9 Å². The van der Waals surface area contributed by atoms with E-state index in [-0.39, 0.29) is 88.5 Å². The fraction of sp³-hybridized carbons (Fsp3) is 0.344. The van der Waals surface area contributed by atoms with E-state index >= 15 is 0 Å². The molecular weight excluding hydrogens is 1200 g/mol. The SMILES string of the molecule is CC(C)(C)CC(C)(C)c1cc(C=NCCCN=Cc2cc(C(C)(C)CC(C)(C)C)cc(-n3nc4ccccc4n3)c2[O-])c([O-])c(-n2nc3ccccc3n2)c1.ClCCl.ClCCl.O=C([O-])c1ccccc1.O=C([O-])c1ccccc1.[Co+2].[Co+2]. The number of carbonyl (C=O) groups excluding carboxylic acids is 2. The number of aliphatic imine (C=N–C) groups is 2. The van der Waals surface area contributed by atoms with Crippen molar-refractivity contribution >= 4 is 92.8 Å². The summed E-state index contributed by atoms with van der Waals surface area (Å²) in [6.07, 6.45) is 5.80. The van der Waals surface area contributed by atoms with Gasteiger partial charge in [-0.2, -0.15) is 9.59 Å². The first-order chi connectivity index (χ1) is 37.2. The van der Waals surface area contributed by atoms with Crippen molar-refractivity contribution in [1.82, 2.24) is 30.0 Å². The Bertz CT molecular complexity index is 3010. The largest absolute Gasteiger partial charge is 2.00 e. The average molecular weight is 1270 g/mol. The number of benzene rings is 6. The maximum absolute atomic E-state index is 13.9. The Kier molecular flexibility index (Phi) is 29.3. The Hall–Kier alpha value is -5.83. The van der Waals surface area contributed by atoms with Gasteiger partial charge in [-0.3, -0.25) is 9.98 Å². The van der Waals surface area contributed by atoms with Crippen molar-refractivity contribution in [3.63, 3.8) is 0 Å². The van der Waals surface area contributed by atoms with Crippen LogP contribution in [-0.2, 0) is 44.4 Å². The number of carboxylic acids is 2. The van der Waals surface area contributed by atoms with E-state index in [9.17, 15) is 30.0 Å². The molecule has 0 saturated carbocycles. The molecule has 8 rings (SSSR count). The van der Waals surface area contributed by atoms with Crippen molar-refractivity contribution in [3.05, 3.63) is 167 Å². The predicted molar refractivity (Wildman–Crippen MR) is 315 cm³/mol. The molecule has 0 bridgehead atoms. The summed E-state index contributed by atoms with van der Waals surface area (Å²) in [5, 5.41) is 66.8. The zero-order valence-corrected chi connectivity index (χ0v) is 52.1. The van der Waals surface area contributed by atoms with Gasteiger partial charge in [0.25, 0.3) is 0 Å². The maximum atomic E-state index is 13.9. The molecule has 0 aliphatic heterocycles. The van der Waals surface area contributed by atoms with Crippen molar-refractivity contribution in [2.24, 2.45) is 20.8 Å². The second-order valence-corrected chi connectivity index (χ2v) is 23.6. The van der Waals surface area contributed by atoms with Gasteiger partial charge in [-0.05, 0) is 111 Å². The average Bonchev–Trinajstić information content (AvgIpc) is 4.02. The molecule has 0 N–H and O–H groups in total. The zero-order valence-electron chi connectivity index (χ0n) is 47.0. The van der Waals surface area contributed by atoms with E-state index in [4.69, 9.17) is 46.4 Å². The molecule has 0 fully saturated rings. The smallest absolute Gasteiger partial charge is 0.871 e. The van der Waals surface area contributed by atoms with Crippen LogP contribution in [0.2, 0.25) is 0 Å². The quantitative estimate of drug-likeness (QED) is 0.0570. The second-order valence-electron chi connectivity index (χ2n) is 22.0. The summed E-state index contributed by atoms with van der Waals surface area (Å²) in [5.74, 6) is -2.61. The van der Waals surface area contributed by atoms with Crippen LogP contribution >= 0.6 is 46.4 Å². The van der Waals surface area contributed by atoms with Gasteiger partial charge in [0.05, 0.1) is 34.0 Å². The Labute approximate surface area is 516 Å². The van der Waals surface area contributed by atoms with Crippen LogP contribution in [0.4, 0.5) is 0 Å². The number of alkyl halides is 4. The Balaban J connectivity index is 0.000000713. The number of carboxylic acid groups (broad SMARTS) is 2. The third kappa shape index (κ3) is 22.8. The predicted octanol–water partition coefficient (Wildman–Crippen LogP) is 11.6. The summed E-state index contributed by atoms with van der Waals surface area (Å²) in [5.41, 5.74) is 6.93. The van der Waals surface area contributed by atoms with E-state index in [1.807, 2.05) is 72.8 Å². The molecule has 0 amide bonds. The van der Waals surface area contributed by atoms with Gasteiger partial charge in [-0.25, -0.2) is 0 Å². The summed E-state index contributed by atoms with van der Waals surface area (Å²) in [7, 11) is 0. The molecule has 6 aromatic carbocycles. The van der Waals surface area contributed by atoms with Crippen LogP contribution in [0.5, 0.6) is 11.5 Å². The fourth-order valence-electron chi connectivity index (χ4n) is 9.06. The normalized spacial score (nSPS) is 11.4. The van der Waals surface area contributed by atoms with Crippen molar-refractivity contribution in [2.75, 3.05) is 23.8 Å². The fourth-order valence-corrected chi connectivity index (χ4v) is 9.06. The van der Waals surface area contributed by atoms with E-state index in [1.54, 1.807) is 48.8 Å². The molecule has 14 nitrogen and oxygen atoms in total. The van der Waals surface area contributed by atoms with E-state index in [0.717, 1.165) is 46.0 Å². The third-order valence-electron chi connectivity index (χ3n) is 11.8. The molecule has 0 atom stereocenters. The van der Waals surface area contributed by atoms with Crippen LogP contribution in [0.1, 0.15) is 131 Å². The summed E-state index contributed by atoms with van der Waals surface area (Å²) in [6.45, 7) is 23.1. The van der Waals surface area contributed by atoms with Crippen LogP contribution in [0.15, 0.2) is 143 Å². The number of fused-ring (bicyclic) bond motifs is 2. The monoisotopic (exact) mass is 1270 g/mol. The van der Waals surface area contributed by atoms with Gasteiger partial charge in [-0.1, -0.05) is 178 Å². The number of hydrogen-bond acceptors (Lipinski definition) is 12. The Morgan fingerprint density at radius 3 is 1.00 bits per heavy atom. The zero-order chi connectivity index (χ0) is 58.6. The first kappa shape index (κ1) is 71.3. The third-order valence-corrected chi connectivity index (χ3v) is 11.8. The molecule has 0 aliphatic rings. The van der Waals surface area contributed by atoms with Crippen molar-refractivity contribution in [1.29, 1.82) is 0 Å². The minimum atomic E-state index is -1.13. The van der Waals surface area contributed by atoms with Crippen molar-refractivity contribution in [2.45, 2.75) is 99.3 Å². The Morgan fingerprint density at radius 1 is 0.481 bits per heavy atom. The van der Waals surface area contributed by atoms with Crippen LogP contribution in [0.25, 0.3) is 33.4 Å². The minimum absolute atomic E-state index is 0. The van der Waals surface area contributed by atoms with Crippen LogP contribution in [0, 0.1) is 10.8 Å². The molecule has 20 heteroatoms. The van der Waals surface area contributed by atoms with Crippen LogP contribution < -0.4 is 20.4 Å². The number of hydrogen-bond donors (Lipinski definition) is 0. The van der Waals surface area contributed by atoms with Crippen LogP contribution in [-0.4, -0.2) is 78.1 Å². The molecule has 0 unspecified atom stereocenters. The van der Waals surface area contributed by atoms with E-state index in [2.05, 4.69) is 99.6 Å². The minimum Gasteiger partial charge on any atom is -0.871 e. The molecule has 434 valence electrons. The molecule has 81 heavy (non-hydrogen) atoms. The standard InChI is InChI=1S/C45H56N8O2.2C7H6O2.2CH2Cl2.2Co/c1-42(2,3)28-44(7,8)32-22-30(40(54)38(24-32)52-48-34-16-11-12-17-35(34)49-52)26-46-20-15-21-47-27-31-23-33(45(9,10)29-43(4,5)6)25-39(41(31)55)53-50-36-18-13-14-19-37(36)51-53;2*8-7(9)6-4-2-1-3-5-6;2*2-1-3;;/h11-14,16-19,22-27,54-55H,15,20-21,28-29H2,1-10H3;2*1-5H,(H,8,9);2*1H2;;/q;;;;;2*+2/p-4. The van der Waals surface area contributed by atoms with Gasteiger partial charge in [0.1, 0.15) is 22.1 Å². The Morgan fingerprint density at radius 2 is 0.753 bits per heavy atom. The van der Waals surface area contributed by atoms with Gasteiger partial charge >= 0.3 is 33.6 Å². The number of halogens is 4. The van der Waals surface area contributed by atoms with Crippen molar-refractivity contribution < 1.29 is 63.6 Å².